The second-order valence-corrected chi connectivity index (χ2v) is 2.92. The van der Waals surface area contributed by atoms with Gasteiger partial charge in [0.1, 0.15) is 6.04 Å². The molecule has 1 amide bonds. The standard InChI is InChI=1S/C7H13NO4/c1-4(2)5(6(9)10)8(3)7(11)12/h4-5H,1-3H3,(H,9,10)(H,11,12). The van der Waals surface area contributed by atoms with Gasteiger partial charge in [-0.1, -0.05) is 13.8 Å². The second kappa shape index (κ2) is 3.94. The number of carbonyl (C=O) groups is 2. The molecule has 0 bridgehead atoms. The van der Waals surface area contributed by atoms with Crippen LogP contribution in [0.3, 0.4) is 0 Å². The van der Waals surface area contributed by atoms with E-state index in [-0.39, 0.29) is 5.92 Å². The van der Waals surface area contributed by atoms with Crippen LogP contribution in [-0.4, -0.2) is 40.3 Å². The minimum absolute atomic E-state index is 0.233. The highest BCUT2D eigenvalue weighted by atomic mass is 16.4. The molecule has 12 heavy (non-hydrogen) atoms. The number of aliphatic carboxylic acids is 1. The average Bonchev–Trinajstić information content (AvgIpc) is 1.85. The molecule has 0 spiro atoms. The summed E-state index contributed by atoms with van der Waals surface area (Å²) in [6.07, 6.45) is -1.23. The largest absolute Gasteiger partial charge is 0.480 e. The Hall–Kier alpha value is -1.26. The zero-order chi connectivity index (χ0) is 9.89. The first-order valence-electron chi connectivity index (χ1n) is 3.56. The minimum atomic E-state index is -1.23. The van der Waals surface area contributed by atoms with E-state index in [1.165, 1.54) is 7.05 Å². The van der Waals surface area contributed by atoms with Crippen LogP contribution in [0, 0.1) is 5.92 Å². The van der Waals surface area contributed by atoms with Gasteiger partial charge in [0.2, 0.25) is 0 Å². The summed E-state index contributed by atoms with van der Waals surface area (Å²) in [5, 5.41) is 17.2. The fourth-order valence-electron chi connectivity index (χ4n) is 1.02. The highest BCUT2D eigenvalue weighted by Crippen LogP contribution is 2.09. The molecule has 0 aliphatic carbocycles. The molecule has 0 aliphatic rings. The normalized spacial score (nSPS) is 12.7. The Labute approximate surface area is 70.6 Å². The highest BCUT2D eigenvalue weighted by Gasteiger charge is 2.28. The van der Waals surface area contributed by atoms with E-state index in [2.05, 4.69) is 0 Å². The molecule has 0 radical (unpaired) electrons. The SMILES string of the molecule is CC(C)C(C(=O)O)N(C)C(=O)O. The maximum Gasteiger partial charge on any atom is 0.407 e. The van der Waals surface area contributed by atoms with Gasteiger partial charge in [0, 0.05) is 7.05 Å². The molecule has 5 nitrogen and oxygen atoms in total. The predicted molar refractivity (Wildman–Crippen MR) is 42.0 cm³/mol. The molecular formula is C7H13NO4. The van der Waals surface area contributed by atoms with Gasteiger partial charge in [0.15, 0.2) is 0 Å². The van der Waals surface area contributed by atoms with E-state index in [4.69, 9.17) is 10.2 Å². The first-order valence-corrected chi connectivity index (χ1v) is 3.56. The Bertz CT molecular complexity index is 190. The van der Waals surface area contributed by atoms with Crippen LogP contribution in [0.2, 0.25) is 0 Å². The monoisotopic (exact) mass is 175 g/mol. The van der Waals surface area contributed by atoms with Crippen molar-refractivity contribution in [3.05, 3.63) is 0 Å². The predicted octanol–water partition coefficient (Wildman–Crippen LogP) is 0.705. The summed E-state index contributed by atoms with van der Waals surface area (Å²) >= 11 is 0. The molecule has 1 unspecified atom stereocenters. The van der Waals surface area contributed by atoms with Gasteiger partial charge in [0.25, 0.3) is 0 Å². The van der Waals surface area contributed by atoms with Gasteiger partial charge >= 0.3 is 12.1 Å². The van der Waals surface area contributed by atoms with E-state index in [0.717, 1.165) is 4.90 Å². The Balaban J connectivity index is 4.51. The third-order valence-corrected chi connectivity index (χ3v) is 1.60. The van der Waals surface area contributed by atoms with Crippen LogP contribution in [0.15, 0.2) is 0 Å². The molecule has 0 aromatic rings. The molecule has 0 fully saturated rings. The van der Waals surface area contributed by atoms with Gasteiger partial charge in [-0.2, -0.15) is 0 Å². The number of hydrogen-bond acceptors (Lipinski definition) is 2. The van der Waals surface area contributed by atoms with Crippen molar-refractivity contribution < 1.29 is 19.8 Å². The molecule has 0 saturated heterocycles. The van der Waals surface area contributed by atoms with E-state index in [1.54, 1.807) is 13.8 Å². The van der Waals surface area contributed by atoms with E-state index in [9.17, 15) is 9.59 Å². The Morgan fingerprint density at radius 3 is 1.75 bits per heavy atom. The molecule has 5 heteroatoms. The molecule has 70 valence electrons. The van der Waals surface area contributed by atoms with Crippen molar-refractivity contribution in [2.45, 2.75) is 19.9 Å². The van der Waals surface area contributed by atoms with Gasteiger partial charge in [-0.25, -0.2) is 9.59 Å². The quantitative estimate of drug-likeness (QED) is 0.662. The number of nitrogens with zero attached hydrogens (tertiary/aromatic N) is 1. The van der Waals surface area contributed by atoms with Crippen LogP contribution < -0.4 is 0 Å². The first kappa shape index (κ1) is 10.7. The van der Waals surface area contributed by atoms with Crippen LogP contribution >= 0.6 is 0 Å². The fourth-order valence-corrected chi connectivity index (χ4v) is 1.02. The minimum Gasteiger partial charge on any atom is -0.480 e. The van der Waals surface area contributed by atoms with Crippen molar-refractivity contribution in [3.8, 4) is 0 Å². The van der Waals surface area contributed by atoms with Crippen LogP contribution in [0.1, 0.15) is 13.8 Å². The number of likely N-dealkylation sites (N-methyl/N-ethyl adjacent to an activating group) is 1. The maximum absolute atomic E-state index is 10.6. The number of carboxylic acids is 1. The van der Waals surface area contributed by atoms with Gasteiger partial charge in [0.05, 0.1) is 0 Å². The van der Waals surface area contributed by atoms with Gasteiger partial charge in [-0.15, -0.1) is 0 Å². The molecule has 0 saturated carbocycles. The molecule has 1 atom stereocenters. The first-order chi connectivity index (χ1) is 5.37. The second-order valence-electron chi connectivity index (χ2n) is 2.92. The van der Waals surface area contributed by atoms with Crippen LogP contribution in [0.5, 0.6) is 0 Å². The lowest BCUT2D eigenvalue weighted by Crippen LogP contribution is -2.45. The lowest BCUT2D eigenvalue weighted by atomic mass is 10.0. The Kier molecular flexibility index (Phi) is 3.53. The van der Waals surface area contributed by atoms with E-state index < -0.39 is 18.1 Å². The van der Waals surface area contributed by atoms with E-state index >= 15 is 0 Å². The van der Waals surface area contributed by atoms with Crippen LogP contribution in [-0.2, 0) is 4.79 Å². The number of amides is 1. The summed E-state index contributed by atoms with van der Waals surface area (Å²) in [6.45, 7) is 3.33. The molecule has 0 aromatic carbocycles. The molecule has 0 rings (SSSR count). The van der Waals surface area contributed by atoms with Gasteiger partial charge in [-0.3, -0.25) is 4.90 Å². The smallest absolute Gasteiger partial charge is 0.407 e. The lowest BCUT2D eigenvalue weighted by Gasteiger charge is -2.24. The summed E-state index contributed by atoms with van der Waals surface area (Å²) < 4.78 is 0. The molecule has 2 N–H and O–H groups in total. The summed E-state index contributed by atoms with van der Waals surface area (Å²) in [7, 11) is 1.25. The zero-order valence-electron chi connectivity index (χ0n) is 7.31. The van der Waals surface area contributed by atoms with Crippen molar-refractivity contribution >= 4 is 12.1 Å². The third-order valence-electron chi connectivity index (χ3n) is 1.60. The molecule has 0 aliphatic heterocycles. The van der Waals surface area contributed by atoms with Crippen molar-refractivity contribution in [1.82, 2.24) is 4.90 Å². The highest BCUT2D eigenvalue weighted by molar-refractivity contribution is 5.79. The number of hydrogen-bond donors (Lipinski definition) is 2. The lowest BCUT2D eigenvalue weighted by molar-refractivity contribution is -0.143. The molecule has 0 aromatic heterocycles. The topological polar surface area (TPSA) is 77.8 Å². The Morgan fingerprint density at radius 1 is 1.25 bits per heavy atom. The fraction of sp³-hybridized carbons (Fsp3) is 0.714. The van der Waals surface area contributed by atoms with Crippen molar-refractivity contribution in [2.75, 3.05) is 7.05 Å². The Morgan fingerprint density at radius 2 is 1.67 bits per heavy atom. The summed E-state index contributed by atoms with van der Waals surface area (Å²) in [6, 6.07) is -0.970. The number of rotatable bonds is 3. The van der Waals surface area contributed by atoms with Gasteiger partial charge in [-0.05, 0) is 5.92 Å². The van der Waals surface area contributed by atoms with Crippen LogP contribution in [0.4, 0.5) is 4.79 Å². The van der Waals surface area contributed by atoms with E-state index in [0.29, 0.717) is 0 Å². The van der Waals surface area contributed by atoms with Crippen molar-refractivity contribution in [2.24, 2.45) is 5.92 Å². The molecular weight excluding hydrogens is 162 g/mol. The van der Waals surface area contributed by atoms with Crippen LogP contribution in [0.25, 0.3) is 0 Å². The van der Waals surface area contributed by atoms with E-state index in [1.807, 2.05) is 0 Å². The summed E-state index contributed by atoms with van der Waals surface area (Å²) in [4.78, 5) is 21.8. The third kappa shape index (κ3) is 2.41. The summed E-state index contributed by atoms with van der Waals surface area (Å²) in [5.41, 5.74) is 0. The molecule has 0 heterocycles. The zero-order valence-corrected chi connectivity index (χ0v) is 7.31. The van der Waals surface area contributed by atoms with Gasteiger partial charge < -0.3 is 10.2 Å². The maximum atomic E-state index is 10.6. The average molecular weight is 175 g/mol. The number of carboxylic acid groups (broad SMARTS) is 2. The van der Waals surface area contributed by atoms with Crippen molar-refractivity contribution in [3.63, 3.8) is 0 Å². The summed E-state index contributed by atoms with van der Waals surface area (Å²) in [5.74, 6) is -1.35. The van der Waals surface area contributed by atoms with Crippen molar-refractivity contribution in [1.29, 1.82) is 0 Å².